The zero-order valence-corrected chi connectivity index (χ0v) is 10.4. The Kier molecular flexibility index (Phi) is 3.47. The first-order valence-corrected chi connectivity index (χ1v) is 6.21. The second-order valence-electron chi connectivity index (χ2n) is 4.30. The Labute approximate surface area is 110 Å². The minimum absolute atomic E-state index is 0.732. The fourth-order valence-electron chi connectivity index (χ4n) is 1.97. The lowest BCUT2D eigenvalue weighted by Gasteiger charge is -2.04. The van der Waals surface area contributed by atoms with E-state index in [4.69, 9.17) is 0 Å². The lowest BCUT2D eigenvalue weighted by atomic mass is 10.1. The standard InChI is InChI=1S/C14H14N4O/c1-2-12-8-11(3-4-13(12)16-6-1)9-15-7-5-14-17-10-19-18-14/h1-4,6,8,10,15H,5,7,9H2. The van der Waals surface area contributed by atoms with Gasteiger partial charge in [0, 0.05) is 31.1 Å². The van der Waals surface area contributed by atoms with Crippen LogP contribution in [-0.4, -0.2) is 21.7 Å². The van der Waals surface area contributed by atoms with Gasteiger partial charge in [0.2, 0.25) is 6.39 Å². The second-order valence-corrected chi connectivity index (χ2v) is 4.30. The zero-order chi connectivity index (χ0) is 12.9. The molecule has 0 aliphatic heterocycles. The van der Waals surface area contributed by atoms with Gasteiger partial charge in [0.05, 0.1) is 5.52 Å². The molecule has 19 heavy (non-hydrogen) atoms. The molecule has 0 aliphatic rings. The first-order valence-electron chi connectivity index (χ1n) is 6.21. The molecule has 1 aromatic carbocycles. The lowest BCUT2D eigenvalue weighted by Crippen LogP contribution is -2.17. The first kappa shape index (κ1) is 11.8. The molecule has 3 aromatic rings. The Balaban J connectivity index is 1.56. The van der Waals surface area contributed by atoms with Gasteiger partial charge in [-0.25, -0.2) is 0 Å². The largest absolute Gasteiger partial charge is 0.343 e. The monoisotopic (exact) mass is 254 g/mol. The van der Waals surface area contributed by atoms with Crippen LogP contribution in [0.5, 0.6) is 0 Å². The number of nitrogens with one attached hydrogen (secondary N) is 1. The summed E-state index contributed by atoms with van der Waals surface area (Å²) in [6.45, 7) is 1.65. The highest BCUT2D eigenvalue weighted by molar-refractivity contribution is 5.78. The molecule has 0 saturated carbocycles. The summed E-state index contributed by atoms with van der Waals surface area (Å²) < 4.78 is 4.68. The maximum atomic E-state index is 4.68. The van der Waals surface area contributed by atoms with Gasteiger partial charge in [0.15, 0.2) is 5.82 Å². The quantitative estimate of drug-likeness (QED) is 0.705. The maximum Gasteiger partial charge on any atom is 0.213 e. The molecule has 0 aliphatic carbocycles. The predicted molar refractivity (Wildman–Crippen MR) is 71.5 cm³/mol. The molecule has 3 rings (SSSR count). The molecule has 0 atom stereocenters. The van der Waals surface area contributed by atoms with Gasteiger partial charge in [0.25, 0.3) is 0 Å². The van der Waals surface area contributed by atoms with Crippen LogP contribution >= 0.6 is 0 Å². The molecule has 2 aromatic heterocycles. The Bertz CT molecular complexity index is 651. The summed E-state index contributed by atoms with van der Waals surface area (Å²) >= 11 is 0. The van der Waals surface area contributed by atoms with E-state index in [9.17, 15) is 0 Å². The maximum absolute atomic E-state index is 4.68. The molecule has 5 nitrogen and oxygen atoms in total. The highest BCUT2D eigenvalue weighted by Gasteiger charge is 1.99. The number of hydrogen-bond acceptors (Lipinski definition) is 5. The minimum atomic E-state index is 0.732. The molecule has 5 heteroatoms. The highest BCUT2D eigenvalue weighted by Crippen LogP contribution is 2.12. The predicted octanol–water partition coefficient (Wildman–Crippen LogP) is 1.95. The summed E-state index contributed by atoms with van der Waals surface area (Å²) in [6, 6.07) is 10.3. The van der Waals surface area contributed by atoms with E-state index in [0.717, 1.165) is 30.9 Å². The summed E-state index contributed by atoms with van der Waals surface area (Å²) in [6.07, 6.45) is 3.93. The van der Waals surface area contributed by atoms with Crippen molar-refractivity contribution in [3.63, 3.8) is 0 Å². The molecule has 0 amide bonds. The van der Waals surface area contributed by atoms with E-state index in [2.05, 4.69) is 43.2 Å². The highest BCUT2D eigenvalue weighted by atomic mass is 16.5. The average molecular weight is 254 g/mol. The smallest absolute Gasteiger partial charge is 0.213 e. The number of fused-ring (bicyclic) bond motifs is 1. The molecule has 0 spiro atoms. The van der Waals surface area contributed by atoms with E-state index in [1.54, 1.807) is 0 Å². The van der Waals surface area contributed by atoms with Crippen LogP contribution < -0.4 is 5.32 Å². The fourth-order valence-corrected chi connectivity index (χ4v) is 1.97. The van der Waals surface area contributed by atoms with Crippen molar-refractivity contribution in [2.45, 2.75) is 13.0 Å². The van der Waals surface area contributed by atoms with E-state index in [-0.39, 0.29) is 0 Å². The van der Waals surface area contributed by atoms with Crippen molar-refractivity contribution in [1.29, 1.82) is 0 Å². The van der Waals surface area contributed by atoms with Crippen LogP contribution in [0.15, 0.2) is 47.4 Å². The number of pyridine rings is 1. The summed E-state index contributed by atoms with van der Waals surface area (Å²) in [5, 5.41) is 8.30. The van der Waals surface area contributed by atoms with Crippen molar-refractivity contribution >= 4 is 10.9 Å². The number of rotatable bonds is 5. The molecule has 2 heterocycles. The SMILES string of the molecule is c1cnc2ccc(CNCCc3ncon3)cc2c1. The Morgan fingerprint density at radius 2 is 2.16 bits per heavy atom. The summed E-state index contributed by atoms with van der Waals surface area (Å²) in [5.74, 6) is 0.732. The van der Waals surface area contributed by atoms with Crippen molar-refractivity contribution in [1.82, 2.24) is 20.4 Å². The molecule has 0 fully saturated rings. The number of hydrogen-bond donors (Lipinski definition) is 1. The second kappa shape index (κ2) is 5.58. The van der Waals surface area contributed by atoms with Gasteiger partial charge < -0.3 is 9.84 Å². The molecule has 1 N–H and O–H groups in total. The normalized spacial score (nSPS) is 10.9. The van der Waals surface area contributed by atoms with Gasteiger partial charge in [-0.05, 0) is 23.8 Å². The zero-order valence-electron chi connectivity index (χ0n) is 10.4. The van der Waals surface area contributed by atoms with Crippen LogP contribution in [0.25, 0.3) is 10.9 Å². The van der Waals surface area contributed by atoms with Gasteiger partial charge in [-0.15, -0.1) is 0 Å². The molecule has 0 radical (unpaired) electrons. The Hall–Kier alpha value is -2.27. The van der Waals surface area contributed by atoms with Crippen LogP contribution in [0.3, 0.4) is 0 Å². The van der Waals surface area contributed by atoms with Crippen LogP contribution in [0.1, 0.15) is 11.4 Å². The van der Waals surface area contributed by atoms with E-state index >= 15 is 0 Å². The minimum Gasteiger partial charge on any atom is -0.343 e. The molecular weight excluding hydrogens is 240 g/mol. The average Bonchev–Trinajstić information content (AvgIpc) is 2.97. The van der Waals surface area contributed by atoms with Crippen molar-refractivity contribution in [2.24, 2.45) is 0 Å². The van der Waals surface area contributed by atoms with E-state index in [1.807, 2.05) is 18.3 Å². The summed E-state index contributed by atoms with van der Waals surface area (Å²) in [7, 11) is 0. The summed E-state index contributed by atoms with van der Waals surface area (Å²) in [5.41, 5.74) is 2.27. The van der Waals surface area contributed by atoms with Crippen molar-refractivity contribution < 1.29 is 4.52 Å². The van der Waals surface area contributed by atoms with Crippen LogP contribution in [0.4, 0.5) is 0 Å². The van der Waals surface area contributed by atoms with Crippen molar-refractivity contribution in [3.05, 3.63) is 54.3 Å². The van der Waals surface area contributed by atoms with Gasteiger partial charge in [0.1, 0.15) is 0 Å². The lowest BCUT2D eigenvalue weighted by molar-refractivity contribution is 0.409. The molecule has 0 bridgehead atoms. The topological polar surface area (TPSA) is 63.8 Å². The number of aromatic nitrogens is 3. The summed E-state index contributed by atoms with van der Waals surface area (Å²) in [4.78, 5) is 8.28. The molecule has 0 saturated heterocycles. The van der Waals surface area contributed by atoms with Crippen LogP contribution in [0.2, 0.25) is 0 Å². The van der Waals surface area contributed by atoms with Crippen molar-refractivity contribution in [2.75, 3.05) is 6.54 Å². The Morgan fingerprint density at radius 1 is 1.16 bits per heavy atom. The van der Waals surface area contributed by atoms with Gasteiger partial charge in [-0.2, -0.15) is 4.98 Å². The van der Waals surface area contributed by atoms with Crippen molar-refractivity contribution in [3.8, 4) is 0 Å². The Morgan fingerprint density at radius 3 is 3.05 bits per heavy atom. The number of nitrogens with zero attached hydrogens (tertiary/aromatic N) is 3. The molecule has 96 valence electrons. The van der Waals surface area contributed by atoms with Gasteiger partial charge in [-0.1, -0.05) is 17.3 Å². The van der Waals surface area contributed by atoms with E-state index in [1.165, 1.54) is 17.3 Å². The van der Waals surface area contributed by atoms with E-state index < -0.39 is 0 Å². The first-order chi connectivity index (χ1) is 9.42. The third-order valence-corrected chi connectivity index (χ3v) is 2.93. The van der Waals surface area contributed by atoms with Gasteiger partial charge >= 0.3 is 0 Å². The molecular formula is C14H14N4O. The third-order valence-electron chi connectivity index (χ3n) is 2.93. The van der Waals surface area contributed by atoms with E-state index in [0.29, 0.717) is 0 Å². The molecule has 0 unspecified atom stereocenters. The van der Waals surface area contributed by atoms with Crippen LogP contribution in [-0.2, 0) is 13.0 Å². The van der Waals surface area contributed by atoms with Gasteiger partial charge in [-0.3, -0.25) is 4.98 Å². The number of benzene rings is 1. The fraction of sp³-hybridized carbons (Fsp3) is 0.214. The van der Waals surface area contributed by atoms with Crippen LogP contribution in [0, 0.1) is 0 Å². The third kappa shape index (κ3) is 2.95.